The lowest BCUT2D eigenvalue weighted by Gasteiger charge is -2.13. The molecule has 1 unspecified atom stereocenters. The Balaban J connectivity index is 2.65. The van der Waals surface area contributed by atoms with E-state index in [0.717, 1.165) is 27.0 Å². The lowest BCUT2D eigenvalue weighted by atomic mass is 10.00. The molecule has 84 valence electrons. The molecule has 0 heterocycles. The van der Waals surface area contributed by atoms with Crippen molar-refractivity contribution in [1.29, 1.82) is 0 Å². The summed E-state index contributed by atoms with van der Waals surface area (Å²) >= 11 is 8.18. The van der Waals surface area contributed by atoms with Gasteiger partial charge >= 0.3 is 0 Å². The van der Waals surface area contributed by atoms with Crippen LogP contribution in [0.15, 0.2) is 18.2 Å². The Morgan fingerprint density at radius 2 is 2.00 bits per heavy atom. The third kappa shape index (κ3) is 4.29. The standard InChI is InChI=1S/C12H16ClIO/c1-8(2)3-6-12(15)9-4-5-11(14)10(13)7-9/h4-5,7-8,12,15H,3,6H2,1-2H3. The van der Waals surface area contributed by atoms with Crippen LogP contribution < -0.4 is 0 Å². The second-order valence-electron chi connectivity index (χ2n) is 4.16. The fourth-order valence-corrected chi connectivity index (χ4v) is 1.90. The van der Waals surface area contributed by atoms with E-state index in [0.29, 0.717) is 5.92 Å². The van der Waals surface area contributed by atoms with Gasteiger partial charge in [0.2, 0.25) is 0 Å². The van der Waals surface area contributed by atoms with Gasteiger partial charge in [-0.15, -0.1) is 0 Å². The number of hydrogen-bond donors (Lipinski definition) is 1. The molecule has 0 amide bonds. The van der Waals surface area contributed by atoms with Crippen LogP contribution >= 0.6 is 34.2 Å². The van der Waals surface area contributed by atoms with E-state index in [1.165, 1.54) is 0 Å². The predicted octanol–water partition coefficient (Wildman–Crippen LogP) is 4.41. The van der Waals surface area contributed by atoms with Crippen molar-refractivity contribution in [2.75, 3.05) is 0 Å². The summed E-state index contributed by atoms with van der Waals surface area (Å²) in [6.07, 6.45) is 1.45. The lowest BCUT2D eigenvalue weighted by Crippen LogP contribution is -2.00. The Labute approximate surface area is 110 Å². The number of halogens is 2. The lowest BCUT2D eigenvalue weighted by molar-refractivity contribution is 0.159. The largest absolute Gasteiger partial charge is 0.388 e. The zero-order valence-corrected chi connectivity index (χ0v) is 11.9. The summed E-state index contributed by atoms with van der Waals surface area (Å²) in [6.45, 7) is 4.32. The maximum Gasteiger partial charge on any atom is 0.0790 e. The van der Waals surface area contributed by atoms with Crippen molar-refractivity contribution in [2.24, 2.45) is 5.92 Å². The topological polar surface area (TPSA) is 20.2 Å². The minimum atomic E-state index is -0.387. The van der Waals surface area contributed by atoms with Crippen molar-refractivity contribution in [3.63, 3.8) is 0 Å². The molecule has 0 saturated heterocycles. The van der Waals surface area contributed by atoms with E-state index < -0.39 is 0 Å². The smallest absolute Gasteiger partial charge is 0.0790 e. The summed E-state index contributed by atoms with van der Waals surface area (Å²) in [5, 5.41) is 10.6. The van der Waals surface area contributed by atoms with E-state index in [9.17, 15) is 5.11 Å². The van der Waals surface area contributed by atoms with Gasteiger partial charge in [0.15, 0.2) is 0 Å². The molecule has 1 N–H and O–H groups in total. The molecule has 1 aromatic carbocycles. The van der Waals surface area contributed by atoms with Crippen molar-refractivity contribution in [3.8, 4) is 0 Å². The fraction of sp³-hybridized carbons (Fsp3) is 0.500. The van der Waals surface area contributed by atoms with E-state index in [1.807, 2.05) is 18.2 Å². The quantitative estimate of drug-likeness (QED) is 0.806. The Hall–Kier alpha value is 0.200. The number of aliphatic hydroxyl groups excluding tert-OH is 1. The summed E-state index contributed by atoms with van der Waals surface area (Å²) in [7, 11) is 0. The Kier molecular flexibility index (Phi) is 5.36. The van der Waals surface area contributed by atoms with Crippen LogP contribution in [-0.4, -0.2) is 5.11 Å². The molecule has 3 heteroatoms. The average molecular weight is 339 g/mol. The van der Waals surface area contributed by atoms with Crippen LogP contribution in [-0.2, 0) is 0 Å². The highest BCUT2D eigenvalue weighted by Crippen LogP contribution is 2.26. The molecule has 0 bridgehead atoms. The third-order valence-corrected chi connectivity index (χ3v) is 3.92. The fourth-order valence-electron chi connectivity index (χ4n) is 1.38. The van der Waals surface area contributed by atoms with Crippen LogP contribution in [0.2, 0.25) is 5.02 Å². The van der Waals surface area contributed by atoms with Gasteiger partial charge in [-0.1, -0.05) is 31.5 Å². The molecule has 0 saturated carbocycles. The summed E-state index contributed by atoms with van der Waals surface area (Å²) < 4.78 is 1.02. The number of hydrogen-bond acceptors (Lipinski definition) is 1. The van der Waals surface area contributed by atoms with Gasteiger partial charge in [-0.05, 0) is 59.0 Å². The monoisotopic (exact) mass is 338 g/mol. The molecule has 15 heavy (non-hydrogen) atoms. The van der Waals surface area contributed by atoms with Crippen molar-refractivity contribution < 1.29 is 5.11 Å². The van der Waals surface area contributed by atoms with E-state index in [1.54, 1.807) is 0 Å². The maximum absolute atomic E-state index is 9.92. The molecule has 0 aliphatic rings. The highest BCUT2D eigenvalue weighted by atomic mass is 127. The first kappa shape index (κ1) is 13.3. The van der Waals surface area contributed by atoms with Gasteiger partial charge in [0.05, 0.1) is 11.1 Å². The van der Waals surface area contributed by atoms with Gasteiger partial charge in [0.25, 0.3) is 0 Å². The molecule has 0 fully saturated rings. The molecule has 0 aromatic heterocycles. The number of rotatable bonds is 4. The van der Waals surface area contributed by atoms with Crippen LogP contribution in [0.25, 0.3) is 0 Å². The molecule has 0 aliphatic carbocycles. The first-order valence-electron chi connectivity index (χ1n) is 5.13. The van der Waals surface area contributed by atoms with Crippen LogP contribution in [0.1, 0.15) is 38.4 Å². The number of aliphatic hydroxyl groups is 1. The molecule has 1 atom stereocenters. The van der Waals surface area contributed by atoms with Crippen LogP contribution in [0.4, 0.5) is 0 Å². The predicted molar refractivity (Wildman–Crippen MR) is 73.2 cm³/mol. The van der Waals surface area contributed by atoms with E-state index in [2.05, 4.69) is 36.4 Å². The van der Waals surface area contributed by atoms with Crippen molar-refractivity contribution >= 4 is 34.2 Å². The van der Waals surface area contributed by atoms with Crippen molar-refractivity contribution in [1.82, 2.24) is 0 Å². The summed E-state index contributed by atoms with van der Waals surface area (Å²) in [4.78, 5) is 0. The molecule has 0 radical (unpaired) electrons. The van der Waals surface area contributed by atoms with Gasteiger partial charge in [-0.25, -0.2) is 0 Å². The SMILES string of the molecule is CC(C)CCC(O)c1ccc(I)c(Cl)c1. The average Bonchev–Trinajstić information content (AvgIpc) is 2.18. The van der Waals surface area contributed by atoms with E-state index in [4.69, 9.17) is 11.6 Å². The normalized spacial score (nSPS) is 13.2. The Morgan fingerprint density at radius 1 is 1.33 bits per heavy atom. The zero-order chi connectivity index (χ0) is 11.4. The maximum atomic E-state index is 9.92. The van der Waals surface area contributed by atoms with Crippen LogP contribution in [0.5, 0.6) is 0 Å². The van der Waals surface area contributed by atoms with Gasteiger partial charge in [0.1, 0.15) is 0 Å². The van der Waals surface area contributed by atoms with Crippen molar-refractivity contribution in [3.05, 3.63) is 32.4 Å². The first-order chi connectivity index (χ1) is 7.00. The second-order valence-corrected chi connectivity index (χ2v) is 5.73. The molecular formula is C12H16ClIO. The van der Waals surface area contributed by atoms with Crippen molar-refractivity contribution in [2.45, 2.75) is 32.8 Å². The highest BCUT2D eigenvalue weighted by molar-refractivity contribution is 14.1. The Morgan fingerprint density at radius 3 is 2.53 bits per heavy atom. The van der Waals surface area contributed by atoms with E-state index in [-0.39, 0.29) is 6.10 Å². The third-order valence-electron chi connectivity index (χ3n) is 2.35. The van der Waals surface area contributed by atoms with Gasteiger partial charge in [0, 0.05) is 3.57 Å². The van der Waals surface area contributed by atoms with Gasteiger partial charge in [-0.3, -0.25) is 0 Å². The summed E-state index contributed by atoms with van der Waals surface area (Å²) in [5.41, 5.74) is 0.918. The van der Waals surface area contributed by atoms with Gasteiger partial charge in [-0.2, -0.15) is 0 Å². The highest BCUT2D eigenvalue weighted by Gasteiger charge is 2.09. The first-order valence-corrected chi connectivity index (χ1v) is 6.59. The molecular weight excluding hydrogens is 322 g/mol. The second kappa shape index (κ2) is 6.06. The summed E-state index contributed by atoms with van der Waals surface area (Å²) in [5.74, 6) is 0.624. The summed E-state index contributed by atoms with van der Waals surface area (Å²) in [6, 6.07) is 5.74. The molecule has 0 aliphatic heterocycles. The molecule has 0 spiro atoms. The Bertz CT molecular complexity index is 325. The molecule has 1 nitrogen and oxygen atoms in total. The van der Waals surface area contributed by atoms with Gasteiger partial charge < -0.3 is 5.11 Å². The minimum absolute atomic E-state index is 0.387. The molecule has 1 rings (SSSR count). The van der Waals surface area contributed by atoms with E-state index >= 15 is 0 Å². The zero-order valence-electron chi connectivity index (χ0n) is 9.00. The van der Waals surface area contributed by atoms with Crippen LogP contribution in [0.3, 0.4) is 0 Å². The molecule has 1 aromatic rings. The minimum Gasteiger partial charge on any atom is -0.388 e. The number of benzene rings is 1. The van der Waals surface area contributed by atoms with Crippen LogP contribution in [0, 0.1) is 9.49 Å².